The molecule has 3 rings (SSSR count). The highest BCUT2D eigenvalue weighted by molar-refractivity contribution is 6.31. The van der Waals surface area contributed by atoms with Gasteiger partial charge in [0.1, 0.15) is 11.5 Å². The summed E-state index contributed by atoms with van der Waals surface area (Å²) in [6, 6.07) is 14.8. The van der Waals surface area contributed by atoms with E-state index in [9.17, 15) is 13.6 Å². The fourth-order valence-electron chi connectivity index (χ4n) is 2.33. The van der Waals surface area contributed by atoms with Crippen LogP contribution in [0.15, 0.2) is 60.7 Å². The fraction of sp³-hybridized carbons (Fsp3) is 0.0500. The van der Waals surface area contributed by atoms with Gasteiger partial charge in [0.05, 0.1) is 18.4 Å². The minimum Gasteiger partial charge on any atom is -0.497 e. The molecule has 0 saturated carbocycles. The van der Waals surface area contributed by atoms with Gasteiger partial charge in [0.25, 0.3) is 5.91 Å². The first kappa shape index (κ1) is 18.7. The van der Waals surface area contributed by atoms with E-state index in [0.717, 1.165) is 6.07 Å². The van der Waals surface area contributed by atoms with E-state index in [1.54, 1.807) is 43.5 Å². The van der Waals surface area contributed by atoms with Crippen LogP contribution in [0.4, 0.5) is 14.5 Å². The van der Waals surface area contributed by atoms with Gasteiger partial charge in [-0.1, -0.05) is 17.7 Å². The predicted molar refractivity (Wildman–Crippen MR) is 98.8 cm³/mol. The standard InChI is InChI=1S/C20H14ClF2NO3/c1-26-13-6-8-14(9-7-13)27-18-10-5-12(21)11-17(18)24-20(25)15-3-2-4-16(22)19(15)23/h2-11H,1H3,(H,24,25). The normalized spacial score (nSPS) is 10.4. The third-order valence-corrected chi connectivity index (χ3v) is 3.91. The Morgan fingerprint density at radius 3 is 2.41 bits per heavy atom. The van der Waals surface area contributed by atoms with Crippen LogP contribution in [0.1, 0.15) is 10.4 Å². The van der Waals surface area contributed by atoms with Crippen LogP contribution in [-0.4, -0.2) is 13.0 Å². The summed E-state index contributed by atoms with van der Waals surface area (Å²) in [7, 11) is 1.55. The molecular weight excluding hydrogens is 376 g/mol. The number of nitrogens with one attached hydrogen (secondary N) is 1. The van der Waals surface area contributed by atoms with E-state index < -0.39 is 23.1 Å². The number of rotatable bonds is 5. The molecule has 0 aromatic heterocycles. The monoisotopic (exact) mass is 389 g/mol. The van der Waals surface area contributed by atoms with E-state index in [1.165, 1.54) is 18.2 Å². The summed E-state index contributed by atoms with van der Waals surface area (Å²) in [5.74, 6) is -1.72. The van der Waals surface area contributed by atoms with Crippen LogP contribution < -0.4 is 14.8 Å². The van der Waals surface area contributed by atoms with Crippen molar-refractivity contribution in [1.29, 1.82) is 0 Å². The largest absolute Gasteiger partial charge is 0.497 e. The highest BCUT2D eigenvalue weighted by Gasteiger charge is 2.17. The Hall–Kier alpha value is -3.12. The second kappa shape index (κ2) is 8.05. The Morgan fingerprint density at radius 1 is 1.00 bits per heavy atom. The molecule has 0 unspecified atom stereocenters. The molecule has 0 radical (unpaired) electrons. The number of amides is 1. The average molecular weight is 390 g/mol. The van der Waals surface area contributed by atoms with Crippen LogP contribution in [0.5, 0.6) is 17.2 Å². The summed E-state index contributed by atoms with van der Waals surface area (Å²) in [5.41, 5.74) is -0.211. The minimum atomic E-state index is -1.23. The maximum atomic E-state index is 13.8. The highest BCUT2D eigenvalue weighted by Crippen LogP contribution is 2.33. The quantitative estimate of drug-likeness (QED) is 0.611. The van der Waals surface area contributed by atoms with Gasteiger partial charge in [-0.25, -0.2) is 8.78 Å². The minimum absolute atomic E-state index is 0.215. The maximum Gasteiger partial charge on any atom is 0.258 e. The summed E-state index contributed by atoms with van der Waals surface area (Å²) in [5, 5.41) is 2.84. The molecule has 3 aromatic carbocycles. The Morgan fingerprint density at radius 2 is 1.70 bits per heavy atom. The summed E-state index contributed by atoms with van der Waals surface area (Å²) in [6.45, 7) is 0. The van der Waals surface area contributed by atoms with Gasteiger partial charge in [0, 0.05) is 5.02 Å². The number of carbonyl (C=O) groups excluding carboxylic acids is 1. The molecule has 1 N–H and O–H groups in total. The van der Waals surface area contributed by atoms with Gasteiger partial charge >= 0.3 is 0 Å². The lowest BCUT2D eigenvalue weighted by atomic mass is 10.2. The highest BCUT2D eigenvalue weighted by atomic mass is 35.5. The molecule has 7 heteroatoms. The van der Waals surface area contributed by atoms with Crippen molar-refractivity contribution in [3.05, 3.63) is 82.9 Å². The zero-order valence-corrected chi connectivity index (χ0v) is 14.9. The van der Waals surface area contributed by atoms with E-state index in [0.29, 0.717) is 16.5 Å². The third-order valence-electron chi connectivity index (χ3n) is 3.67. The second-order valence-electron chi connectivity index (χ2n) is 5.47. The summed E-state index contributed by atoms with van der Waals surface area (Å²) in [4.78, 5) is 12.4. The van der Waals surface area contributed by atoms with Crippen molar-refractivity contribution in [3.8, 4) is 17.2 Å². The molecule has 0 saturated heterocycles. The summed E-state index contributed by atoms with van der Waals surface area (Å²) < 4.78 is 38.1. The van der Waals surface area contributed by atoms with Gasteiger partial charge in [-0.2, -0.15) is 0 Å². The molecule has 27 heavy (non-hydrogen) atoms. The van der Waals surface area contributed by atoms with Gasteiger partial charge in [0.2, 0.25) is 0 Å². The van der Waals surface area contributed by atoms with Crippen molar-refractivity contribution in [2.45, 2.75) is 0 Å². The predicted octanol–water partition coefficient (Wildman–Crippen LogP) is 5.67. The van der Waals surface area contributed by atoms with E-state index >= 15 is 0 Å². The number of hydrogen-bond donors (Lipinski definition) is 1. The number of ether oxygens (including phenoxy) is 2. The lowest BCUT2D eigenvalue weighted by Gasteiger charge is -2.13. The topological polar surface area (TPSA) is 47.6 Å². The van der Waals surface area contributed by atoms with Crippen molar-refractivity contribution in [1.82, 2.24) is 0 Å². The van der Waals surface area contributed by atoms with Crippen LogP contribution in [-0.2, 0) is 0 Å². The van der Waals surface area contributed by atoms with Gasteiger partial charge in [0.15, 0.2) is 17.4 Å². The van der Waals surface area contributed by atoms with Crippen LogP contribution in [0.25, 0.3) is 0 Å². The first-order chi connectivity index (χ1) is 13.0. The van der Waals surface area contributed by atoms with Gasteiger partial charge < -0.3 is 14.8 Å². The molecule has 1 amide bonds. The van der Waals surface area contributed by atoms with Crippen molar-refractivity contribution in [2.75, 3.05) is 12.4 Å². The number of anilines is 1. The number of benzene rings is 3. The lowest BCUT2D eigenvalue weighted by Crippen LogP contribution is -2.15. The first-order valence-electron chi connectivity index (χ1n) is 7.85. The molecule has 0 atom stereocenters. The molecular formula is C20H14ClF2NO3. The molecule has 0 aliphatic heterocycles. The van der Waals surface area contributed by atoms with E-state index in [2.05, 4.69) is 5.32 Å². The Labute approximate surface area is 159 Å². The molecule has 0 bridgehead atoms. The third kappa shape index (κ3) is 4.35. The molecule has 4 nitrogen and oxygen atoms in total. The molecule has 0 aliphatic rings. The SMILES string of the molecule is COc1ccc(Oc2ccc(Cl)cc2NC(=O)c2cccc(F)c2F)cc1. The number of methoxy groups -OCH3 is 1. The van der Waals surface area contributed by atoms with Crippen LogP contribution >= 0.6 is 11.6 Å². The van der Waals surface area contributed by atoms with Crippen molar-refractivity contribution >= 4 is 23.2 Å². The van der Waals surface area contributed by atoms with Crippen molar-refractivity contribution in [3.63, 3.8) is 0 Å². The number of carbonyl (C=O) groups is 1. The summed E-state index contributed by atoms with van der Waals surface area (Å²) in [6.07, 6.45) is 0. The van der Waals surface area contributed by atoms with E-state index in [1.807, 2.05) is 0 Å². The van der Waals surface area contributed by atoms with Gasteiger partial charge in [-0.3, -0.25) is 4.79 Å². The molecule has 0 spiro atoms. The fourth-order valence-corrected chi connectivity index (χ4v) is 2.50. The smallest absolute Gasteiger partial charge is 0.258 e. The molecule has 0 aliphatic carbocycles. The Bertz CT molecular complexity index is 977. The van der Waals surface area contributed by atoms with Crippen LogP contribution in [0.2, 0.25) is 5.02 Å². The zero-order valence-electron chi connectivity index (χ0n) is 14.1. The lowest BCUT2D eigenvalue weighted by molar-refractivity contribution is 0.102. The zero-order chi connectivity index (χ0) is 19.4. The molecule has 0 heterocycles. The number of hydrogen-bond acceptors (Lipinski definition) is 3. The first-order valence-corrected chi connectivity index (χ1v) is 8.22. The van der Waals surface area contributed by atoms with Crippen LogP contribution in [0.3, 0.4) is 0 Å². The summed E-state index contributed by atoms with van der Waals surface area (Å²) >= 11 is 5.99. The Kier molecular flexibility index (Phi) is 5.57. The maximum absolute atomic E-state index is 13.8. The molecule has 138 valence electrons. The average Bonchev–Trinajstić information content (AvgIpc) is 2.66. The van der Waals surface area contributed by atoms with Gasteiger partial charge in [-0.05, 0) is 54.6 Å². The van der Waals surface area contributed by atoms with Crippen molar-refractivity contribution < 1.29 is 23.0 Å². The molecule has 3 aromatic rings. The van der Waals surface area contributed by atoms with Gasteiger partial charge in [-0.15, -0.1) is 0 Å². The Balaban J connectivity index is 1.87. The second-order valence-corrected chi connectivity index (χ2v) is 5.91. The van der Waals surface area contributed by atoms with E-state index in [4.69, 9.17) is 21.1 Å². The van der Waals surface area contributed by atoms with Crippen LogP contribution in [0, 0.1) is 11.6 Å². The van der Waals surface area contributed by atoms with E-state index in [-0.39, 0.29) is 11.4 Å². The van der Waals surface area contributed by atoms with Crippen molar-refractivity contribution in [2.24, 2.45) is 0 Å². The molecule has 0 fully saturated rings. The number of halogens is 3.